The molecule has 1 aliphatic rings. The zero-order valence-corrected chi connectivity index (χ0v) is 8.29. The van der Waals surface area contributed by atoms with Crippen molar-refractivity contribution in [2.24, 2.45) is 0 Å². The molecule has 1 fully saturated rings. The largest absolute Gasteiger partial charge is 0.340 e. The van der Waals surface area contributed by atoms with Crippen LogP contribution in [0.1, 0.15) is 13.8 Å². The summed E-state index contributed by atoms with van der Waals surface area (Å²) in [5, 5.41) is 0. The van der Waals surface area contributed by atoms with Crippen LogP contribution in [-0.4, -0.2) is 48.4 Å². The van der Waals surface area contributed by atoms with Crippen LogP contribution in [-0.2, 0) is 4.79 Å². The zero-order valence-electron chi connectivity index (χ0n) is 8.29. The Kier molecular flexibility index (Phi) is 2.42. The van der Waals surface area contributed by atoms with E-state index in [0.29, 0.717) is 0 Å². The fourth-order valence-corrected chi connectivity index (χ4v) is 1.00. The molecule has 1 saturated heterocycles. The number of carbonyl (C=O) groups is 1. The maximum atomic E-state index is 11.8. The third-order valence-electron chi connectivity index (χ3n) is 2.63. The number of amides is 1. The van der Waals surface area contributed by atoms with Crippen molar-refractivity contribution in [1.29, 1.82) is 0 Å². The molecule has 0 N–H and O–H groups in total. The topological polar surface area (TPSA) is 23.6 Å². The summed E-state index contributed by atoms with van der Waals surface area (Å²) in [4.78, 5) is 15.6. The molecule has 69 valence electrons. The van der Waals surface area contributed by atoms with Crippen LogP contribution in [0.3, 0.4) is 0 Å². The van der Waals surface area contributed by atoms with Crippen molar-refractivity contribution < 1.29 is 4.79 Å². The Balaban J connectivity index is 2.60. The zero-order chi connectivity index (χ0) is 9.35. The minimum Gasteiger partial charge on any atom is -0.340 e. The summed E-state index contributed by atoms with van der Waals surface area (Å²) in [7, 11) is 3.86. The Morgan fingerprint density at radius 2 is 1.92 bits per heavy atom. The first-order valence-corrected chi connectivity index (χ1v) is 4.24. The maximum absolute atomic E-state index is 11.8. The molecule has 0 aromatic rings. The van der Waals surface area contributed by atoms with E-state index >= 15 is 0 Å². The molecule has 0 atom stereocenters. The van der Waals surface area contributed by atoms with Gasteiger partial charge in [0, 0.05) is 19.5 Å². The van der Waals surface area contributed by atoms with Crippen LogP contribution in [0.5, 0.6) is 0 Å². The van der Waals surface area contributed by atoms with Crippen LogP contribution in [0.4, 0.5) is 0 Å². The lowest BCUT2D eigenvalue weighted by molar-refractivity contribution is -0.142. The van der Waals surface area contributed by atoms with Gasteiger partial charge in [0.25, 0.3) is 0 Å². The predicted molar refractivity (Wildman–Crippen MR) is 48.6 cm³/mol. The van der Waals surface area contributed by atoms with Crippen molar-refractivity contribution in [2.75, 3.05) is 27.2 Å². The summed E-state index contributed by atoms with van der Waals surface area (Å²) >= 11 is 0. The van der Waals surface area contributed by atoms with E-state index in [2.05, 4.69) is 6.42 Å². The molecule has 0 aromatic heterocycles. The first kappa shape index (κ1) is 9.52. The van der Waals surface area contributed by atoms with Crippen LogP contribution in [0.15, 0.2) is 0 Å². The first-order valence-electron chi connectivity index (χ1n) is 4.24. The molecule has 1 radical (unpaired) electrons. The van der Waals surface area contributed by atoms with E-state index in [1.54, 1.807) is 0 Å². The Morgan fingerprint density at radius 1 is 1.42 bits per heavy atom. The van der Waals surface area contributed by atoms with E-state index in [0.717, 1.165) is 13.1 Å². The van der Waals surface area contributed by atoms with Crippen molar-refractivity contribution in [1.82, 2.24) is 9.80 Å². The highest BCUT2D eigenvalue weighted by Gasteiger charge is 2.35. The van der Waals surface area contributed by atoms with E-state index in [9.17, 15) is 4.79 Å². The molecule has 0 spiro atoms. The second kappa shape index (κ2) is 3.05. The number of carbonyl (C=O) groups excluding carboxylic acids is 1. The Bertz CT molecular complexity index is 183. The van der Waals surface area contributed by atoms with Crippen LogP contribution >= 0.6 is 0 Å². The molecule has 0 aliphatic carbocycles. The van der Waals surface area contributed by atoms with Gasteiger partial charge < -0.3 is 4.90 Å². The summed E-state index contributed by atoms with van der Waals surface area (Å²) in [5.74, 6) is 0.218. The van der Waals surface area contributed by atoms with Crippen LogP contribution in [0.25, 0.3) is 0 Å². The van der Waals surface area contributed by atoms with Gasteiger partial charge in [0.2, 0.25) is 5.91 Å². The highest BCUT2D eigenvalue weighted by atomic mass is 16.2. The first-order chi connectivity index (χ1) is 5.46. The highest BCUT2D eigenvalue weighted by molar-refractivity contribution is 5.86. The molecule has 0 saturated carbocycles. The van der Waals surface area contributed by atoms with Gasteiger partial charge in [-0.3, -0.25) is 9.69 Å². The van der Waals surface area contributed by atoms with Crippen LogP contribution < -0.4 is 0 Å². The van der Waals surface area contributed by atoms with Gasteiger partial charge >= 0.3 is 0 Å². The Labute approximate surface area is 74.3 Å². The molecule has 1 rings (SSSR count). The normalized spacial score (nSPS) is 17.9. The predicted octanol–water partition coefficient (Wildman–Crippen LogP) is 0.373. The fourth-order valence-electron chi connectivity index (χ4n) is 1.00. The van der Waals surface area contributed by atoms with Crippen molar-refractivity contribution in [2.45, 2.75) is 19.4 Å². The lowest BCUT2D eigenvalue weighted by atomic mass is 10.00. The van der Waals surface area contributed by atoms with Crippen molar-refractivity contribution in [3.8, 4) is 0 Å². The number of hydrogen-bond donors (Lipinski definition) is 0. The van der Waals surface area contributed by atoms with Crippen molar-refractivity contribution in [3.05, 3.63) is 6.42 Å². The number of rotatable bonds is 2. The number of likely N-dealkylation sites (tertiary alicyclic amines) is 1. The molecule has 0 unspecified atom stereocenters. The fraction of sp³-hybridized carbons (Fsp3) is 0.778. The van der Waals surface area contributed by atoms with Gasteiger partial charge in [0.15, 0.2) is 0 Å². The number of nitrogens with zero attached hydrogens (tertiary/aromatic N) is 2. The van der Waals surface area contributed by atoms with Crippen LogP contribution in [0, 0.1) is 6.42 Å². The van der Waals surface area contributed by atoms with E-state index in [1.165, 1.54) is 0 Å². The van der Waals surface area contributed by atoms with E-state index in [4.69, 9.17) is 0 Å². The third kappa shape index (κ3) is 1.46. The molecule has 0 bridgehead atoms. The lowest BCUT2D eigenvalue weighted by Gasteiger charge is -2.40. The minimum absolute atomic E-state index is 0.218. The van der Waals surface area contributed by atoms with Gasteiger partial charge in [0.1, 0.15) is 0 Å². The molecule has 1 aliphatic heterocycles. The second-order valence-electron chi connectivity index (χ2n) is 3.95. The highest BCUT2D eigenvalue weighted by Crippen LogP contribution is 2.17. The smallest absolute Gasteiger partial charge is 0.242 e. The van der Waals surface area contributed by atoms with E-state index in [-0.39, 0.29) is 11.4 Å². The summed E-state index contributed by atoms with van der Waals surface area (Å²) in [6.07, 6.45) is 2.10. The van der Waals surface area contributed by atoms with Gasteiger partial charge in [-0.2, -0.15) is 0 Å². The Morgan fingerprint density at radius 3 is 2.17 bits per heavy atom. The molecule has 1 heterocycles. The number of likely N-dealkylation sites (N-methyl/N-ethyl adjacent to an activating group) is 1. The van der Waals surface area contributed by atoms with E-state index in [1.807, 2.05) is 37.7 Å². The average Bonchev–Trinajstić information content (AvgIpc) is 1.83. The van der Waals surface area contributed by atoms with E-state index < -0.39 is 0 Å². The summed E-state index contributed by atoms with van der Waals surface area (Å²) < 4.78 is 0. The molecule has 3 nitrogen and oxygen atoms in total. The summed E-state index contributed by atoms with van der Waals surface area (Å²) in [6.45, 7) is 5.54. The molecular weight excluding hydrogens is 152 g/mol. The Hall–Kier alpha value is -0.570. The van der Waals surface area contributed by atoms with Gasteiger partial charge in [-0.05, 0) is 27.9 Å². The SMILES string of the molecule is CN(C)C(C)(C)C(=O)N1C[CH]C1. The average molecular weight is 169 g/mol. The maximum Gasteiger partial charge on any atom is 0.242 e. The number of hydrogen-bond acceptors (Lipinski definition) is 2. The third-order valence-corrected chi connectivity index (χ3v) is 2.63. The lowest BCUT2D eigenvalue weighted by Crippen LogP contribution is -2.57. The second-order valence-corrected chi connectivity index (χ2v) is 3.95. The molecule has 3 heteroatoms. The molecule has 0 aromatic carbocycles. The quantitative estimate of drug-likeness (QED) is 0.596. The van der Waals surface area contributed by atoms with Gasteiger partial charge in [0.05, 0.1) is 5.54 Å². The monoisotopic (exact) mass is 169 g/mol. The minimum atomic E-state index is -0.367. The van der Waals surface area contributed by atoms with Crippen molar-refractivity contribution in [3.63, 3.8) is 0 Å². The molecule has 12 heavy (non-hydrogen) atoms. The van der Waals surface area contributed by atoms with Gasteiger partial charge in [-0.15, -0.1) is 0 Å². The van der Waals surface area contributed by atoms with Gasteiger partial charge in [-0.25, -0.2) is 0 Å². The standard InChI is InChI=1S/C9H17N2O/c1-9(2,10(3)4)8(12)11-6-5-7-11/h5H,6-7H2,1-4H3. The summed E-state index contributed by atoms with van der Waals surface area (Å²) in [6, 6.07) is 0. The van der Waals surface area contributed by atoms with Crippen LogP contribution in [0.2, 0.25) is 0 Å². The molecule has 1 amide bonds. The summed E-state index contributed by atoms with van der Waals surface area (Å²) in [5.41, 5.74) is -0.367. The molecular formula is C9H17N2O. The van der Waals surface area contributed by atoms with Crippen molar-refractivity contribution >= 4 is 5.91 Å². The van der Waals surface area contributed by atoms with Gasteiger partial charge in [-0.1, -0.05) is 0 Å².